The highest BCUT2D eigenvalue weighted by molar-refractivity contribution is 7.80. The second-order valence-corrected chi connectivity index (χ2v) is 8.00. The topological polar surface area (TPSA) is 26.3 Å². The Hall–Kier alpha value is -0.440. The summed E-state index contributed by atoms with van der Waals surface area (Å²) in [6.07, 6.45) is 12.0. The molecule has 0 heterocycles. The van der Waals surface area contributed by atoms with Crippen LogP contribution in [-0.4, -0.2) is 18.3 Å². The Balaban J connectivity index is 1.67. The summed E-state index contributed by atoms with van der Waals surface area (Å²) < 4.78 is 5.25. The molecule has 0 aromatic carbocycles. The minimum Gasteiger partial charge on any atom is -0.463 e. The van der Waals surface area contributed by atoms with Gasteiger partial charge in [-0.15, -0.1) is 0 Å². The molecule has 0 aliphatic heterocycles. The van der Waals surface area contributed by atoms with E-state index in [9.17, 15) is 4.79 Å². The SMILES string of the molecule is C=CC(=O)OCCC12CC3CC(CC(CCS)(C3)C1)C2. The van der Waals surface area contributed by atoms with Crippen molar-refractivity contribution < 1.29 is 9.53 Å². The molecule has 0 spiro atoms. The quantitative estimate of drug-likeness (QED) is 0.455. The molecular formula is C17H26O2S. The van der Waals surface area contributed by atoms with Gasteiger partial charge in [0.15, 0.2) is 0 Å². The molecule has 4 bridgehead atoms. The summed E-state index contributed by atoms with van der Waals surface area (Å²) >= 11 is 4.49. The predicted octanol–water partition coefficient (Wildman–Crippen LogP) is 4.01. The van der Waals surface area contributed by atoms with E-state index >= 15 is 0 Å². The first-order chi connectivity index (χ1) is 9.59. The van der Waals surface area contributed by atoms with Crippen LogP contribution < -0.4 is 0 Å². The van der Waals surface area contributed by atoms with Crippen molar-refractivity contribution in [1.82, 2.24) is 0 Å². The third kappa shape index (κ3) is 2.66. The molecule has 0 saturated heterocycles. The van der Waals surface area contributed by atoms with Crippen LogP contribution in [0.15, 0.2) is 12.7 Å². The molecule has 20 heavy (non-hydrogen) atoms. The van der Waals surface area contributed by atoms with Crippen molar-refractivity contribution in [2.24, 2.45) is 22.7 Å². The highest BCUT2D eigenvalue weighted by Crippen LogP contribution is 2.67. The maximum absolute atomic E-state index is 11.2. The summed E-state index contributed by atoms with van der Waals surface area (Å²) in [5.41, 5.74) is 1.02. The zero-order valence-electron chi connectivity index (χ0n) is 12.3. The Labute approximate surface area is 127 Å². The van der Waals surface area contributed by atoms with Crippen molar-refractivity contribution in [1.29, 1.82) is 0 Å². The maximum atomic E-state index is 11.2. The second kappa shape index (κ2) is 5.40. The zero-order chi connectivity index (χ0) is 14.2. The zero-order valence-corrected chi connectivity index (χ0v) is 13.2. The van der Waals surface area contributed by atoms with Gasteiger partial charge in [0.2, 0.25) is 0 Å². The van der Waals surface area contributed by atoms with Crippen molar-refractivity contribution >= 4 is 18.6 Å². The summed E-state index contributed by atoms with van der Waals surface area (Å²) in [5, 5.41) is 0. The third-order valence-corrected chi connectivity index (χ3v) is 6.21. The average molecular weight is 294 g/mol. The standard InChI is InChI=1S/C17H26O2S/c1-2-15(18)19-5-3-16-8-13-7-14(9-16)11-17(10-13,12-16)4-6-20/h2,13-14,20H,1,3-12H2. The molecule has 4 aliphatic rings. The van der Waals surface area contributed by atoms with E-state index in [4.69, 9.17) is 4.74 Å². The molecule has 0 N–H and O–H groups in total. The molecule has 0 aromatic rings. The van der Waals surface area contributed by atoms with E-state index in [1.165, 1.54) is 51.0 Å². The summed E-state index contributed by atoms with van der Waals surface area (Å²) in [5.74, 6) is 2.58. The number of rotatable bonds is 6. The number of hydrogen-bond donors (Lipinski definition) is 1. The first-order valence-electron chi connectivity index (χ1n) is 7.99. The molecule has 4 rings (SSSR count). The maximum Gasteiger partial charge on any atom is 0.330 e. The van der Waals surface area contributed by atoms with Gasteiger partial charge in [0, 0.05) is 6.08 Å². The van der Waals surface area contributed by atoms with Gasteiger partial charge in [-0.3, -0.25) is 0 Å². The van der Waals surface area contributed by atoms with Gasteiger partial charge in [0.05, 0.1) is 6.61 Å². The van der Waals surface area contributed by atoms with Crippen molar-refractivity contribution in [3.63, 3.8) is 0 Å². The van der Waals surface area contributed by atoms with Gasteiger partial charge in [-0.05, 0) is 79.8 Å². The Morgan fingerprint density at radius 2 is 1.80 bits per heavy atom. The third-order valence-electron chi connectivity index (χ3n) is 5.99. The molecule has 3 heteroatoms. The lowest BCUT2D eigenvalue weighted by Crippen LogP contribution is -2.52. The fourth-order valence-corrected chi connectivity index (χ4v) is 6.37. The van der Waals surface area contributed by atoms with Crippen LogP contribution in [0.3, 0.4) is 0 Å². The first-order valence-corrected chi connectivity index (χ1v) is 8.62. The summed E-state index contributed by atoms with van der Waals surface area (Å²) in [6, 6.07) is 0. The molecular weight excluding hydrogens is 268 g/mol. The highest BCUT2D eigenvalue weighted by Gasteiger charge is 2.56. The fourth-order valence-electron chi connectivity index (χ4n) is 5.90. The van der Waals surface area contributed by atoms with Crippen LogP contribution in [0.25, 0.3) is 0 Å². The lowest BCUT2D eigenvalue weighted by atomic mass is 9.43. The molecule has 2 nitrogen and oxygen atoms in total. The molecule has 0 radical (unpaired) electrons. The number of carbonyl (C=O) groups excluding carboxylic acids is 1. The van der Waals surface area contributed by atoms with Crippen LogP contribution in [0.4, 0.5) is 0 Å². The van der Waals surface area contributed by atoms with Gasteiger partial charge in [-0.1, -0.05) is 6.58 Å². The van der Waals surface area contributed by atoms with Gasteiger partial charge in [-0.25, -0.2) is 4.79 Å². The van der Waals surface area contributed by atoms with Crippen molar-refractivity contribution in [3.8, 4) is 0 Å². The highest BCUT2D eigenvalue weighted by atomic mass is 32.1. The van der Waals surface area contributed by atoms with Crippen LogP contribution in [0, 0.1) is 22.7 Å². The van der Waals surface area contributed by atoms with E-state index in [-0.39, 0.29) is 5.97 Å². The van der Waals surface area contributed by atoms with Gasteiger partial charge in [0.25, 0.3) is 0 Å². The first kappa shape index (κ1) is 14.5. The van der Waals surface area contributed by atoms with E-state index in [1.807, 2.05) is 0 Å². The molecule has 112 valence electrons. The lowest BCUT2D eigenvalue weighted by molar-refractivity contribution is -0.144. The van der Waals surface area contributed by atoms with Crippen LogP contribution >= 0.6 is 12.6 Å². The van der Waals surface area contributed by atoms with E-state index in [2.05, 4.69) is 19.2 Å². The van der Waals surface area contributed by atoms with E-state index in [1.54, 1.807) is 0 Å². The van der Waals surface area contributed by atoms with Crippen molar-refractivity contribution in [3.05, 3.63) is 12.7 Å². The Morgan fingerprint density at radius 1 is 1.20 bits per heavy atom. The fraction of sp³-hybridized carbons (Fsp3) is 0.824. The van der Waals surface area contributed by atoms with Crippen LogP contribution in [0.5, 0.6) is 0 Å². The van der Waals surface area contributed by atoms with Gasteiger partial charge in [-0.2, -0.15) is 12.6 Å². The lowest BCUT2D eigenvalue weighted by Gasteiger charge is -2.62. The number of hydrogen-bond acceptors (Lipinski definition) is 3. The van der Waals surface area contributed by atoms with E-state index < -0.39 is 0 Å². The van der Waals surface area contributed by atoms with Crippen LogP contribution in [-0.2, 0) is 9.53 Å². The molecule has 4 aliphatic carbocycles. The van der Waals surface area contributed by atoms with Crippen molar-refractivity contribution in [2.75, 3.05) is 12.4 Å². The normalized spacial score (nSPS) is 41.6. The van der Waals surface area contributed by atoms with E-state index in [0.29, 0.717) is 17.4 Å². The minimum absolute atomic E-state index is 0.278. The van der Waals surface area contributed by atoms with Crippen LogP contribution in [0.1, 0.15) is 51.4 Å². The summed E-state index contributed by atoms with van der Waals surface area (Å²) in [6.45, 7) is 4.03. The number of carbonyl (C=O) groups is 1. The van der Waals surface area contributed by atoms with Crippen LogP contribution in [0.2, 0.25) is 0 Å². The Bertz CT molecular complexity index is 390. The monoisotopic (exact) mass is 294 g/mol. The Kier molecular flexibility index (Phi) is 3.91. The Morgan fingerprint density at radius 3 is 2.35 bits per heavy atom. The van der Waals surface area contributed by atoms with E-state index in [0.717, 1.165) is 24.0 Å². The predicted molar refractivity (Wildman–Crippen MR) is 83.8 cm³/mol. The number of esters is 1. The van der Waals surface area contributed by atoms with Gasteiger partial charge < -0.3 is 4.74 Å². The average Bonchev–Trinajstić information content (AvgIpc) is 2.36. The summed E-state index contributed by atoms with van der Waals surface area (Å²) in [7, 11) is 0. The summed E-state index contributed by atoms with van der Waals surface area (Å²) in [4.78, 5) is 11.2. The molecule has 0 amide bonds. The van der Waals surface area contributed by atoms with Gasteiger partial charge in [0.1, 0.15) is 0 Å². The smallest absolute Gasteiger partial charge is 0.330 e. The van der Waals surface area contributed by atoms with Crippen molar-refractivity contribution in [2.45, 2.75) is 51.4 Å². The second-order valence-electron chi connectivity index (χ2n) is 7.56. The molecule has 4 saturated carbocycles. The van der Waals surface area contributed by atoms with Gasteiger partial charge >= 0.3 is 5.97 Å². The molecule has 4 fully saturated rings. The molecule has 2 unspecified atom stereocenters. The largest absolute Gasteiger partial charge is 0.463 e. The minimum atomic E-state index is -0.278. The molecule has 0 aromatic heterocycles. The molecule has 2 atom stereocenters. The number of ether oxygens (including phenoxy) is 1. The number of thiol groups is 1.